The van der Waals surface area contributed by atoms with Crippen LogP contribution < -0.4 is 10.2 Å². The standard InChI is InChI=1S/C14H25N3S/c1-14(2,3)16-12-8-6-9-13(15-12)17(4)10-7-11-18-5/h6,8-9H,7,10-11H2,1-5H3,(H,15,16). The maximum Gasteiger partial charge on any atom is 0.130 e. The number of hydrogen-bond acceptors (Lipinski definition) is 4. The highest BCUT2D eigenvalue weighted by atomic mass is 32.2. The normalized spacial score (nSPS) is 11.4. The van der Waals surface area contributed by atoms with Crippen LogP contribution in [0.5, 0.6) is 0 Å². The Morgan fingerprint density at radius 3 is 2.67 bits per heavy atom. The summed E-state index contributed by atoms with van der Waals surface area (Å²) in [7, 11) is 2.10. The van der Waals surface area contributed by atoms with Crippen molar-refractivity contribution < 1.29 is 0 Å². The molecule has 1 aromatic heterocycles. The van der Waals surface area contributed by atoms with Crippen LogP contribution in [0.2, 0.25) is 0 Å². The summed E-state index contributed by atoms with van der Waals surface area (Å²) in [5.41, 5.74) is 0.0447. The Bertz CT molecular complexity index is 360. The van der Waals surface area contributed by atoms with Crippen molar-refractivity contribution in [2.45, 2.75) is 32.7 Å². The van der Waals surface area contributed by atoms with Crippen LogP contribution in [0.25, 0.3) is 0 Å². The van der Waals surface area contributed by atoms with Crippen molar-refractivity contribution in [3.63, 3.8) is 0 Å². The largest absolute Gasteiger partial charge is 0.365 e. The average Bonchev–Trinajstić information content (AvgIpc) is 2.27. The Morgan fingerprint density at radius 1 is 1.33 bits per heavy atom. The molecule has 0 aromatic carbocycles. The smallest absolute Gasteiger partial charge is 0.130 e. The molecule has 102 valence electrons. The molecule has 0 aliphatic rings. The molecule has 0 saturated heterocycles. The summed E-state index contributed by atoms with van der Waals surface area (Å²) >= 11 is 1.89. The van der Waals surface area contributed by atoms with E-state index in [0.717, 1.165) is 18.2 Å². The van der Waals surface area contributed by atoms with Crippen LogP contribution in [0.4, 0.5) is 11.6 Å². The molecule has 1 aromatic rings. The van der Waals surface area contributed by atoms with Gasteiger partial charge in [-0.2, -0.15) is 11.8 Å². The molecule has 1 rings (SSSR count). The Labute approximate surface area is 115 Å². The first-order valence-electron chi connectivity index (χ1n) is 6.38. The maximum atomic E-state index is 4.64. The molecule has 1 heterocycles. The molecule has 0 atom stereocenters. The quantitative estimate of drug-likeness (QED) is 0.799. The van der Waals surface area contributed by atoms with Gasteiger partial charge in [-0.15, -0.1) is 0 Å². The minimum absolute atomic E-state index is 0.0447. The molecule has 0 unspecified atom stereocenters. The lowest BCUT2D eigenvalue weighted by Crippen LogP contribution is -2.27. The molecular weight excluding hydrogens is 242 g/mol. The van der Waals surface area contributed by atoms with E-state index in [2.05, 4.69) is 61.4 Å². The van der Waals surface area contributed by atoms with E-state index < -0.39 is 0 Å². The van der Waals surface area contributed by atoms with Gasteiger partial charge in [0.05, 0.1) is 0 Å². The molecule has 0 spiro atoms. The van der Waals surface area contributed by atoms with Crippen LogP contribution >= 0.6 is 11.8 Å². The third-order valence-electron chi connectivity index (χ3n) is 2.47. The van der Waals surface area contributed by atoms with Gasteiger partial charge in [0.15, 0.2) is 0 Å². The van der Waals surface area contributed by atoms with Gasteiger partial charge in [0.1, 0.15) is 11.6 Å². The second-order valence-electron chi connectivity index (χ2n) is 5.52. The summed E-state index contributed by atoms with van der Waals surface area (Å²) < 4.78 is 0. The summed E-state index contributed by atoms with van der Waals surface area (Å²) in [6.45, 7) is 7.48. The molecule has 0 radical (unpaired) electrons. The number of anilines is 2. The topological polar surface area (TPSA) is 28.2 Å². The van der Waals surface area contributed by atoms with E-state index in [1.54, 1.807) is 0 Å². The summed E-state index contributed by atoms with van der Waals surface area (Å²) in [6.07, 6.45) is 3.34. The van der Waals surface area contributed by atoms with Gasteiger partial charge in [0, 0.05) is 19.1 Å². The van der Waals surface area contributed by atoms with Gasteiger partial charge in [0.2, 0.25) is 0 Å². The first-order valence-corrected chi connectivity index (χ1v) is 7.77. The monoisotopic (exact) mass is 267 g/mol. The third kappa shape index (κ3) is 5.63. The van der Waals surface area contributed by atoms with Gasteiger partial charge in [-0.25, -0.2) is 4.98 Å². The highest BCUT2D eigenvalue weighted by molar-refractivity contribution is 7.98. The van der Waals surface area contributed by atoms with Gasteiger partial charge in [-0.05, 0) is 51.3 Å². The fourth-order valence-corrected chi connectivity index (χ4v) is 2.07. The predicted octanol–water partition coefficient (Wildman–Crippen LogP) is 3.48. The van der Waals surface area contributed by atoms with Crippen molar-refractivity contribution in [2.24, 2.45) is 0 Å². The molecule has 0 amide bonds. The zero-order valence-corrected chi connectivity index (χ0v) is 13.0. The van der Waals surface area contributed by atoms with E-state index in [0.29, 0.717) is 0 Å². The molecule has 3 nitrogen and oxygen atoms in total. The molecule has 0 fully saturated rings. The van der Waals surface area contributed by atoms with Crippen LogP contribution in [-0.4, -0.2) is 36.1 Å². The number of thioether (sulfide) groups is 1. The second kappa shape index (κ2) is 6.88. The number of nitrogens with one attached hydrogen (secondary N) is 1. The first-order chi connectivity index (χ1) is 8.42. The zero-order chi connectivity index (χ0) is 13.6. The lowest BCUT2D eigenvalue weighted by Gasteiger charge is -2.23. The van der Waals surface area contributed by atoms with Crippen LogP contribution in [-0.2, 0) is 0 Å². The number of nitrogens with zero attached hydrogens (tertiary/aromatic N) is 2. The average molecular weight is 267 g/mol. The number of aromatic nitrogens is 1. The lowest BCUT2D eigenvalue weighted by molar-refractivity contribution is 0.630. The summed E-state index contributed by atoms with van der Waals surface area (Å²) in [4.78, 5) is 6.86. The Morgan fingerprint density at radius 2 is 2.06 bits per heavy atom. The molecular formula is C14H25N3S. The van der Waals surface area contributed by atoms with Crippen molar-refractivity contribution in [3.8, 4) is 0 Å². The van der Waals surface area contributed by atoms with E-state index in [1.807, 2.05) is 17.8 Å². The maximum absolute atomic E-state index is 4.64. The van der Waals surface area contributed by atoms with E-state index in [1.165, 1.54) is 12.2 Å². The second-order valence-corrected chi connectivity index (χ2v) is 6.51. The fraction of sp³-hybridized carbons (Fsp3) is 0.643. The van der Waals surface area contributed by atoms with Crippen molar-refractivity contribution >= 4 is 23.4 Å². The first kappa shape index (κ1) is 15.2. The molecule has 0 aliphatic heterocycles. The van der Waals surface area contributed by atoms with Crippen LogP contribution in [0.1, 0.15) is 27.2 Å². The zero-order valence-electron chi connectivity index (χ0n) is 12.2. The van der Waals surface area contributed by atoms with Crippen molar-refractivity contribution in [1.82, 2.24) is 4.98 Å². The highest BCUT2D eigenvalue weighted by Gasteiger charge is 2.11. The molecule has 1 N–H and O–H groups in total. The van der Waals surface area contributed by atoms with Gasteiger partial charge >= 0.3 is 0 Å². The van der Waals surface area contributed by atoms with E-state index in [-0.39, 0.29) is 5.54 Å². The predicted molar refractivity (Wildman–Crippen MR) is 83.9 cm³/mol. The fourth-order valence-electron chi connectivity index (χ4n) is 1.65. The minimum atomic E-state index is 0.0447. The van der Waals surface area contributed by atoms with Crippen LogP contribution in [0.15, 0.2) is 18.2 Å². The van der Waals surface area contributed by atoms with Gasteiger partial charge < -0.3 is 10.2 Å². The highest BCUT2D eigenvalue weighted by Crippen LogP contribution is 2.17. The summed E-state index contributed by atoms with van der Waals surface area (Å²) in [5, 5.41) is 3.40. The van der Waals surface area contributed by atoms with Crippen molar-refractivity contribution in [2.75, 3.05) is 35.8 Å². The van der Waals surface area contributed by atoms with Crippen molar-refractivity contribution in [3.05, 3.63) is 18.2 Å². The van der Waals surface area contributed by atoms with E-state index in [4.69, 9.17) is 0 Å². The van der Waals surface area contributed by atoms with Crippen LogP contribution in [0, 0.1) is 0 Å². The molecule has 0 aliphatic carbocycles. The molecule has 0 saturated carbocycles. The SMILES string of the molecule is CSCCCN(C)c1cccc(NC(C)(C)C)n1. The summed E-state index contributed by atoms with van der Waals surface area (Å²) in [5.74, 6) is 3.17. The lowest BCUT2D eigenvalue weighted by atomic mass is 10.1. The van der Waals surface area contributed by atoms with Gasteiger partial charge in [-0.1, -0.05) is 6.07 Å². The Balaban J connectivity index is 2.63. The number of pyridine rings is 1. The molecule has 18 heavy (non-hydrogen) atoms. The minimum Gasteiger partial charge on any atom is -0.365 e. The van der Waals surface area contributed by atoms with E-state index >= 15 is 0 Å². The summed E-state index contributed by atoms with van der Waals surface area (Å²) in [6, 6.07) is 6.14. The van der Waals surface area contributed by atoms with Crippen molar-refractivity contribution in [1.29, 1.82) is 0 Å². The Hall–Kier alpha value is -0.900. The third-order valence-corrected chi connectivity index (χ3v) is 3.17. The number of hydrogen-bond donors (Lipinski definition) is 1. The Kier molecular flexibility index (Phi) is 5.79. The molecule has 0 bridgehead atoms. The molecule has 4 heteroatoms. The number of rotatable bonds is 6. The van der Waals surface area contributed by atoms with Crippen LogP contribution in [0.3, 0.4) is 0 Å². The van der Waals surface area contributed by atoms with Gasteiger partial charge in [-0.3, -0.25) is 0 Å². The van der Waals surface area contributed by atoms with E-state index in [9.17, 15) is 0 Å². The van der Waals surface area contributed by atoms with Gasteiger partial charge in [0.25, 0.3) is 0 Å².